The van der Waals surface area contributed by atoms with E-state index in [1.807, 2.05) is 4.90 Å². The largest absolute Gasteiger partial charge is 0.478 e. The molecule has 28 heavy (non-hydrogen) atoms. The highest BCUT2D eigenvalue weighted by atomic mass is 19.1. The molecule has 2 aromatic carbocycles. The van der Waals surface area contributed by atoms with Crippen molar-refractivity contribution >= 4 is 17.5 Å². The minimum Gasteiger partial charge on any atom is -0.478 e. The number of para-hydroxylation sites is 1. The molecule has 0 aromatic heterocycles. The van der Waals surface area contributed by atoms with Crippen LogP contribution >= 0.6 is 0 Å². The fourth-order valence-electron chi connectivity index (χ4n) is 3.16. The first-order valence-corrected chi connectivity index (χ1v) is 9.51. The van der Waals surface area contributed by atoms with Crippen LogP contribution in [0.4, 0.5) is 10.1 Å². The Morgan fingerprint density at radius 1 is 1.00 bits per heavy atom. The Kier molecular flexibility index (Phi) is 5.97. The summed E-state index contributed by atoms with van der Waals surface area (Å²) in [5.74, 6) is -0.456. The molecule has 0 bridgehead atoms. The zero-order chi connectivity index (χ0) is 20.1. The first-order valence-electron chi connectivity index (χ1n) is 9.51. The topological polar surface area (TPSA) is 58.6 Å². The highest BCUT2D eigenvalue weighted by Gasteiger charge is 2.31. The summed E-state index contributed by atoms with van der Waals surface area (Å²) in [6.07, 6.45) is 3.13. The van der Waals surface area contributed by atoms with Crippen LogP contribution in [-0.4, -0.2) is 35.4 Å². The lowest BCUT2D eigenvalue weighted by Gasteiger charge is -2.28. The first-order chi connectivity index (χ1) is 13.4. The molecule has 0 saturated carbocycles. The van der Waals surface area contributed by atoms with E-state index in [-0.39, 0.29) is 11.7 Å². The average molecular weight is 384 g/mol. The van der Waals surface area contributed by atoms with Crippen LogP contribution in [0.5, 0.6) is 5.75 Å². The fourth-order valence-corrected chi connectivity index (χ4v) is 3.16. The molecule has 2 amide bonds. The molecule has 3 rings (SSSR count). The molecular weight excluding hydrogens is 359 g/mol. The Hall–Kier alpha value is -2.89. The monoisotopic (exact) mass is 384 g/mol. The summed E-state index contributed by atoms with van der Waals surface area (Å²) < 4.78 is 18.8. The fraction of sp³-hybridized carbons (Fsp3) is 0.364. The number of piperidine rings is 1. The van der Waals surface area contributed by atoms with E-state index in [9.17, 15) is 14.0 Å². The van der Waals surface area contributed by atoms with E-state index < -0.39 is 11.5 Å². The van der Waals surface area contributed by atoms with E-state index in [4.69, 9.17) is 4.74 Å². The number of carbonyl (C=O) groups excluding carboxylic acids is 2. The number of hydrogen-bond donors (Lipinski definition) is 1. The molecule has 1 saturated heterocycles. The SMILES string of the molecule is CC(C)(Oc1ccc(F)cc1)C(=O)Nc1ccccc1C(=O)N1CCCCC1. The molecule has 0 spiro atoms. The van der Waals surface area contributed by atoms with Crippen LogP contribution in [0.1, 0.15) is 43.5 Å². The number of benzene rings is 2. The second-order valence-corrected chi connectivity index (χ2v) is 7.42. The van der Waals surface area contributed by atoms with E-state index in [1.165, 1.54) is 24.3 Å². The Labute approximate surface area is 164 Å². The van der Waals surface area contributed by atoms with Crippen molar-refractivity contribution in [2.75, 3.05) is 18.4 Å². The Morgan fingerprint density at radius 2 is 1.64 bits per heavy atom. The van der Waals surface area contributed by atoms with E-state index in [0.717, 1.165) is 32.4 Å². The number of amides is 2. The molecule has 1 N–H and O–H groups in total. The van der Waals surface area contributed by atoms with Crippen molar-refractivity contribution in [3.63, 3.8) is 0 Å². The van der Waals surface area contributed by atoms with Crippen LogP contribution < -0.4 is 10.1 Å². The number of halogens is 1. The molecule has 2 aromatic rings. The predicted molar refractivity (Wildman–Crippen MR) is 106 cm³/mol. The number of nitrogens with zero attached hydrogens (tertiary/aromatic N) is 1. The van der Waals surface area contributed by atoms with Crippen molar-refractivity contribution in [2.45, 2.75) is 38.7 Å². The third kappa shape index (κ3) is 4.68. The number of likely N-dealkylation sites (tertiary alicyclic amines) is 1. The van der Waals surface area contributed by atoms with Crippen LogP contribution in [-0.2, 0) is 4.79 Å². The second kappa shape index (κ2) is 8.42. The number of carbonyl (C=O) groups is 2. The minimum absolute atomic E-state index is 0.0761. The first kappa shape index (κ1) is 19.9. The van der Waals surface area contributed by atoms with Crippen molar-refractivity contribution in [3.05, 3.63) is 59.9 Å². The van der Waals surface area contributed by atoms with Crippen molar-refractivity contribution in [2.24, 2.45) is 0 Å². The summed E-state index contributed by atoms with van der Waals surface area (Å²) in [4.78, 5) is 27.5. The lowest BCUT2D eigenvalue weighted by Crippen LogP contribution is -2.43. The molecule has 148 valence electrons. The van der Waals surface area contributed by atoms with Crippen molar-refractivity contribution in [1.29, 1.82) is 0 Å². The zero-order valence-corrected chi connectivity index (χ0v) is 16.2. The molecule has 0 aliphatic carbocycles. The predicted octanol–water partition coefficient (Wildman–Crippen LogP) is 4.25. The number of hydrogen-bond acceptors (Lipinski definition) is 3. The molecule has 0 unspecified atom stereocenters. The number of anilines is 1. The van der Waals surface area contributed by atoms with Crippen molar-refractivity contribution in [1.82, 2.24) is 4.90 Å². The Morgan fingerprint density at radius 3 is 2.32 bits per heavy atom. The minimum atomic E-state index is -1.21. The molecule has 1 heterocycles. The summed E-state index contributed by atoms with van der Waals surface area (Å²) >= 11 is 0. The smallest absolute Gasteiger partial charge is 0.267 e. The quantitative estimate of drug-likeness (QED) is 0.838. The lowest BCUT2D eigenvalue weighted by atomic mass is 10.1. The van der Waals surface area contributed by atoms with Gasteiger partial charge >= 0.3 is 0 Å². The van der Waals surface area contributed by atoms with Crippen LogP contribution in [0, 0.1) is 5.82 Å². The van der Waals surface area contributed by atoms with E-state index in [1.54, 1.807) is 38.1 Å². The highest BCUT2D eigenvalue weighted by Crippen LogP contribution is 2.24. The number of ether oxygens (including phenoxy) is 1. The summed E-state index contributed by atoms with van der Waals surface area (Å²) in [6, 6.07) is 12.5. The van der Waals surface area contributed by atoms with Crippen LogP contribution in [0.3, 0.4) is 0 Å². The van der Waals surface area contributed by atoms with Gasteiger partial charge in [0.2, 0.25) is 0 Å². The van der Waals surface area contributed by atoms with Gasteiger partial charge in [0.25, 0.3) is 11.8 Å². The van der Waals surface area contributed by atoms with Gasteiger partial charge < -0.3 is 15.0 Å². The van der Waals surface area contributed by atoms with E-state index in [2.05, 4.69) is 5.32 Å². The zero-order valence-electron chi connectivity index (χ0n) is 16.2. The van der Waals surface area contributed by atoms with Gasteiger partial charge in [0.15, 0.2) is 5.60 Å². The van der Waals surface area contributed by atoms with Crippen LogP contribution in [0.2, 0.25) is 0 Å². The van der Waals surface area contributed by atoms with Gasteiger partial charge in [-0.25, -0.2) is 4.39 Å². The molecular formula is C22H25FN2O3. The van der Waals surface area contributed by atoms with E-state index >= 15 is 0 Å². The van der Waals surface area contributed by atoms with Gasteiger partial charge in [0.05, 0.1) is 11.3 Å². The normalized spacial score (nSPS) is 14.5. The van der Waals surface area contributed by atoms with Gasteiger partial charge in [0.1, 0.15) is 11.6 Å². The maximum Gasteiger partial charge on any atom is 0.267 e. The van der Waals surface area contributed by atoms with Crippen molar-refractivity contribution in [3.8, 4) is 5.75 Å². The van der Waals surface area contributed by atoms with Gasteiger partial charge in [-0.1, -0.05) is 12.1 Å². The van der Waals surface area contributed by atoms with Crippen molar-refractivity contribution < 1.29 is 18.7 Å². The molecule has 1 aliphatic heterocycles. The summed E-state index contributed by atoms with van der Waals surface area (Å²) in [5.41, 5.74) is -0.284. The molecule has 0 radical (unpaired) electrons. The molecule has 5 nitrogen and oxygen atoms in total. The molecule has 6 heteroatoms. The van der Waals surface area contributed by atoms with Crippen LogP contribution in [0.15, 0.2) is 48.5 Å². The maximum absolute atomic E-state index is 13.1. The number of rotatable bonds is 5. The van der Waals surface area contributed by atoms with E-state index in [0.29, 0.717) is 17.0 Å². The van der Waals surface area contributed by atoms with Crippen LogP contribution in [0.25, 0.3) is 0 Å². The number of nitrogens with one attached hydrogen (secondary N) is 1. The maximum atomic E-state index is 13.1. The summed E-state index contributed by atoms with van der Waals surface area (Å²) in [7, 11) is 0. The Bertz CT molecular complexity index is 843. The second-order valence-electron chi connectivity index (χ2n) is 7.42. The van der Waals surface area contributed by atoms with Gasteiger partial charge in [0, 0.05) is 13.1 Å². The molecule has 1 fully saturated rings. The third-order valence-electron chi connectivity index (χ3n) is 4.78. The standard InChI is InChI=1S/C22H25FN2O3/c1-22(2,28-17-12-10-16(23)11-13-17)21(27)24-19-9-5-4-8-18(19)20(26)25-14-6-3-7-15-25/h4-5,8-13H,3,6-7,14-15H2,1-2H3,(H,24,27). The third-order valence-corrected chi connectivity index (χ3v) is 4.78. The highest BCUT2D eigenvalue weighted by molar-refractivity contribution is 6.05. The van der Waals surface area contributed by atoms with Gasteiger partial charge in [-0.3, -0.25) is 9.59 Å². The van der Waals surface area contributed by atoms with Gasteiger partial charge in [-0.2, -0.15) is 0 Å². The molecule has 0 atom stereocenters. The Balaban J connectivity index is 1.74. The van der Waals surface area contributed by atoms with Gasteiger partial charge in [-0.05, 0) is 69.5 Å². The average Bonchev–Trinajstić information content (AvgIpc) is 2.70. The summed E-state index contributed by atoms with van der Waals surface area (Å²) in [6.45, 7) is 4.72. The van der Waals surface area contributed by atoms with Gasteiger partial charge in [-0.15, -0.1) is 0 Å². The summed E-state index contributed by atoms with van der Waals surface area (Å²) in [5, 5.41) is 2.82. The lowest BCUT2D eigenvalue weighted by molar-refractivity contribution is -0.128. The molecule has 1 aliphatic rings.